The van der Waals surface area contributed by atoms with Gasteiger partial charge in [0.25, 0.3) is 0 Å². The van der Waals surface area contributed by atoms with Crippen LogP contribution in [0.5, 0.6) is 11.5 Å². The molecule has 10 aromatic rings. The molecule has 0 amide bonds. The lowest BCUT2D eigenvalue weighted by molar-refractivity contribution is 0.396. The van der Waals surface area contributed by atoms with Crippen molar-refractivity contribution in [2.45, 2.75) is 26.2 Å². The Kier molecular flexibility index (Phi) is 8.57. The van der Waals surface area contributed by atoms with Crippen molar-refractivity contribution in [3.63, 3.8) is 0 Å². The van der Waals surface area contributed by atoms with Gasteiger partial charge in [0.05, 0.1) is 43.3 Å². The molecule has 298 valence electrons. The number of benzene rings is 5. The molecule has 0 aliphatic rings. The van der Waals surface area contributed by atoms with E-state index in [0.717, 1.165) is 27.1 Å². The molecule has 0 unspecified atom stereocenters. The smallest absolute Gasteiger partial charge is 0.347 e. The molecule has 10 rings (SSSR count). The van der Waals surface area contributed by atoms with Crippen LogP contribution in [0, 0.1) is 0 Å². The van der Waals surface area contributed by atoms with Crippen LogP contribution in [0.25, 0.3) is 100 Å². The molecule has 0 saturated heterocycles. The van der Waals surface area contributed by atoms with Crippen LogP contribution < -0.4 is 26.4 Å². The Hall–Kier alpha value is -8.06. The minimum absolute atomic E-state index is 0.0168. The highest BCUT2D eigenvalue weighted by Gasteiger charge is 2.22. The monoisotopic (exact) mass is 807 g/mol. The second kappa shape index (κ2) is 14.1. The summed E-state index contributed by atoms with van der Waals surface area (Å²) < 4.78 is 28.4. The van der Waals surface area contributed by atoms with Gasteiger partial charge < -0.3 is 22.7 Å². The van der Waals surface area contributed by atoms with E-state index in [1.807, 2.05) is 48.5 Å². The molecule has 0 radical (unpaired) electrons. The SMILES string of the molecule is COc1cc(OC)c2cc(-c3nc(-c4cnc(-c5cc6ccc7ccccc7c6oc5=O)cn4)nc(-c4cc5c(ccc6cc(C(C)(C)C)ccc65)oc4=O)n3)c(=O)oc2c1. The Morgan fingerprint density at radius 1 is 0.508 bits per heavy atom. The lowest BCUT2D eigenvalue weighted by Gasteiger charge is -2.19. The van der Waals surface area contributed by atoms with Crippen LogP contribution in [-0.4, -0.2) is 39.1 Å². The maximum atomic E-state index is 13.8. The van der Waals surface area contributed by atoms with Crippen LogP contribution in [0.4, 0.5) is 0 Å². The summed E-state index contributed by atoms with van der Waals surface area (Å²) in [6.07, 6.45) is 2.80. The van der Waals surface area contributed by atoms with Gasteiger partial charge in [-0.05, 0) is 51.4 Å². The Labute approximate surface area is 344 Å². The number of ether oxygens (including phenoxy) is 2. The van der Waals surface area contributed by atoms with E-state index in [-0.39, 0.29) is 56.5 Å². The predicted octanol–water partition coefficient (Wildman–Crippen LogP) is 9.27. The average molecular weight is 808 g/mol. The van der Waals surface area contributed by atoms with Crippen LogP contribution in [0.2, 0.25) is 0 Å². The van der Waals surface area contributed by atoms with Gasteiger partial charge in [0.1, 0.15) is 45.1 Å². The van der Waals surface area contributed by atoms with Gasteiger partial charge in [-0.2, -0.15) is 0 Å². The maximum Gasteiger partial charge on any atom is 0.347 e. The van der Waals surface area contributed by atoms with E-state index in [2.05, 4.69) is 52.8 Å². The molecule has 0 fully saturated rings. The molecule has 5 aromatic heterocycles. The van der Waals surface area contributed by atoms with Gasteiger partial charge in [0.15, 0.2) is 17.5 Å². The van der Waals surface area contributed by atoms with Crippen LogP contribution in [0.15, 0.2) is 137 Å². The third kappa shape index (κ3) is 6.43. The van der Waals surface area contributed by atoms with Crippen LogP contribution >= 0.6 is 0 Å². The summed E-state index contributed by atoms with van der Waals surface area (Å²) in [5.41, 5.74) is 0.637. The molecule has 0 N–H and O–H groups in total. The minimum Gasteiger partial charge on any atom is -0.496 e. The summed E-state index contributed by atoms with van der Waals surface area (Å²) in [5.74, 6) is 0.567. The van der Waals surface area contributed by atoms with Crippen molar-refractivity contribution in [1.29, 1.82) is 0 Å². The second-order valence-electron chi connectivity index (χ2n) is 15.5. The Bertz CT molecular complexity index is 3630. The first-order valence-corrected chi connectivity index (χ1v) is 19.2. The van der Waals surface area contributed by atoms with E-state index >= 15 is 0 Å². The first kappa shape index (κ1) is 37.2. The lowest BCUT2D eigenvalue weighted by atomic mass is 9.85. The van der Waals surface area contributed by atoms with E-state index in [4.69, 9.17) is 27.7 Å². The topological polar surface area (TPSA) is 174 Å². The van der Waals surface area contributed by atoms with Crippen molar-refractivity contribution in [3.8, 4) is 57.1 Å². The Morgan fingerprint density at radius 2 is 1.16 bits per heavy atom. The normalized spacial score (nSPS) is 11.9. The number of hydrogen-bond donors (Lipinski definition) is 0. The van der Waals surface area contributed by atoms with Crippen molar-refractivity contribution in [1.82, 2.24) is 24.9 Å². The number of aromatic nitrogens is 5. The highest BCUT2D eigenvalue weighted by molar-refractivity contribution is 6.07. The van der Waals surface area contributed by atoms with E-state index in [1.54, 1.807) is 36.4 Å². The summed E-state index contributed by atoms with van der Waals surface area (Å²) in [7, 11) is 2.97. The fourth-order valence-corrected chi connectivity index (χ4v) is 7.50. The molecule has 0 saturated carbocycles. The quantitative estimate of drug-likeness (QED) is 0.115. The minimum atomic E-state index is -0.769. The summed E-state index contributed by atoms with van der Waals surface area (Å²) in [6.45, 7) is 6.43. The molecule has 0 bridgehead atoms. The van der Waals surface area contributed by atoms with Gasteiger partial charge in [-0.1, -0.05) is 81.4 Å². The van der Waals surface area contributed by atoms with Crippen molar-refractivity contribution < 1.29 is 22.7 Å². The first-order valence-electron chi connectivity index (χ1n) is 19.2. The number of hydrogen-bond acceptors (Lipinski definition) is 13. The summed E-state index contributed by atoms with van der Waals surface area (Å²) in [5, 5.41) is 5.39. The maximum absolute atomic E-state index is 13.8. The molecular weight excluding hydrogens is 775 g/mol. The molecule has 5 heterocycles. The largest absolute Gasteiger partial charge is 0.496 e. The molecule has 0 aliphatic carbocycles. The molecule has 5 aromatic carbocycles. The van der Waals surface area contributed by atoms with Gasteiger partial charge in [0.2, 0.25) is 0 Å². The van der Waals surface area contributed by atoms with Crippen molar-refractivity contribution in [2.75, 3.05) is 14.2 Å². The van der Waals surface area contributed by atoms with E-state index in [0.29, 0.717) is 38.8 Å². The third-order valence-electron chi connectivity index (χ3n) is 10.7. The number of nitrogens with zero attached hydrogens (tertiary/aromatic N) is 5. The van der Waals surface area contributed by atoms with E-state index < -0.39 is 16.9 Å². The van der Waals surface area contributed by atoms with Gasteiger partial charge in [-0.3, -0.25) is 4.98 Å². The zero-order valence-electron chi connectivity index (χ0n) is 33.4. The number of methoxy groups -OCH3 is 2. The van der Waals surface area contributed by atoms with Crippen LogP contribution in [0.1, 0.15) is 26.3 Å². The lowest BCUT2D eigenvalue weighted by Crippen LogP contribution is -2.12. The molecule has 13 nitrogen and oxygen atoms in total. The standard InChI is InChI=1S/C48H33N5O8/c1-48(2,3)27-13-14-29-25(16-27)12-15-38-31(29)20-34(46(55)59-38)42-51-43(35-21-33-39(58-5)18-28(57-4)19-40(33)60-47(35)56)53-44(52-42)37-23-49-36(22-50-37)32-17-26-11-10-24-8-6-7-9-30(24)41(26)61-45(32)54/h6-23H,1-5H3. The van der Waals surface area contributed by atoms with Crippen LogP contribution in [0.3, 0.4) is 0 Å². The number of rotatable bonds is 6. The predicted molar refractivity (Wildman–Crippen MR) is 232 cm³/mol. The summed E-state index contributed by atoms with van der Waals surface area (Å²) in [6, 6.07) is 29.5. The Morgan fingerprint density at radius 3 is 1.89 bits per heavy atom. The highest BCUT2D eigenvalue weighted by atomic mass is 16.5. The zero-order valence-corrected chi connectivity index (χ0v) is 33.4. The first-order chi connectivity index (χ1) is 29.4. The second-order valence-corrected chi connectivity index (χ2v) is 15.5. The van der Waals surface area contributed by atoms with Gasteiger partial charge in [0, 0.05) is 28.3 Å². The molecule has 0 spiro atoms. The van der Waals surface area contributed by atoms with Gasteiger partial charge in [-0.25, -0.2) is 34.3 Å². The van der Waals surface area contributed by atoms with E-state index in [9.17, 15) is 14.4 Å². The zero-order chi connectivity index (χ0) is 42.2. The fourth-order valence-electron chi connectivity index (χ4n) is 7.50. The number of fused-ring (bicyclic) bond motifs is 7. The van der Waals surface area contributed by atoms with Crippen molar-refractivity contribution >= 4 is 54.5 Å². The van der Waals surface area contributed by atoms with E-state index in [1.165, 1.54) is 26.6 Å². The molecule has 0 atom stereocenters. The third-order valence-corrected chi connectivity index (χ3v) is 10.7. The average Bonchev–Trinajstić information content (AvgIpc) is 3.27. The van der Waals surface area contributed by atoms with Crippen molar-refractivity contribution in [2.24, 2.45) is 0 Å². The van der Waals surface area contributed by atoms with Gasteiger partial charge in [-0.15, -0.1) is 0 Å². The Balaban J connectivity index is 1.15. The summed E-state index contributed by atoms with van der Waals surface area (Å²) in [4.78, 5) is 64.0. The molecular formula is C48H33N5O8. The van der Waals surface area contributed by atoms with Crippen molar-refractivity contribution in [3.05, 3.63) is 146 Å². The van der Waals surface area contributed by atoms with Gasteiger partial charge >= 0.3 is 16.9 Å². The fraction of sp³-hybridized carbons (Fsp3) is 0.125. The molecule has 0 aliphatic heterocycles. The highest BCUT2D eigenvalue weighted by Crippen LogP contribution is 2.35. The van der Waals surface area contributed by atoms with Crippen LogP contribution in [-0.2, 0) is 5.41 Å². The molecule has 13 heteroatoms. The molecule has 61 heavy (non-hydrogen) atoms. The summed E-state index contributed by atoms with van der Waals surface area (Å²) >= 11 is 0.